The van der Waals surface area contributed by atoms with E-state index < -0.39 is 0 Å². The van der Waals surface area contributed by atoms with E-state index >= 15 is 0 Å². The zero-order chi connectivity index (χ0) is 16.7. The first-order valence-electron chi connectivity index (χ1n) is 8.53. The van der Waals surface area contributed by atoms with Crippen LogP contribution in [-0.4, -0.2) is 10.4 Å². The molecule has 0 bridgehead atoms. The SMILES string of the molecule is CC(=O)c1ccc2c(c1)c1c(n2Cc2cccc(F)c2)CCCC1. The first kappa shape index (κ1) is 15.1. The lowest BCUT2D eigenvalue weighted by atomic mass is 9.95. The number of hydrogen-bond donors (Lipinski definition) is 0. The molecule has 1 aliphatic carbocycles. The van der Waals surface area contributed by atoms with E-state index in [1.165, 1.54) is 35.6 Å². The summed E-state index contributed by atoms with van der Waals surface area (Å²) in [6, 6.07) is 12.8. The Balaban J connectivity index is 1.89. The van der Waals surface area contributed by atoms with Crippen LogP contribution < -0.4 is 0 Å². The molecule has 0 radical (unpaired) electrons. The van der Waals surface area contributed by atoms with Crippen molar-refractivity contribution in [2.24, 2.45) is 0 Å². The van der Waals surface area contributed by atoms with Crippen LogP contribution in [0.2, 0.25) is 0 Å². The van der Waals surface area contributed by atoms with Crippen LogP contribution in [0.5, 0.6) is 0 Å². The van der Waals surface area contributed by atoms with Crippen LogP contribution in [0.3, 0.4) is 0 Å². The van der Waals surface area contributed by atoms with E-state index in [1.807, 2.05) is 24.3 Å². The molecule has 1 aromatic heterocycles. The third-order valence-corrected chi connectivity index (χ3v) is 5.01. The number of nitrogens with zero attached hydrogens (tertiary/aromatic N) is 1. The molecule has 0 spiro atoms. The van der Waals surface area contributed by atoms with Gasteiger partial charge in [0.05, 0.1) is 0 Å². The predicted molar refractivity (Wildman–Crippen MR) is 94.1 cm³/mol. The van der Waals surface area contributed by atoms with Gasteiger partial charge in [-0.3, -0.25) is 4.79 Å². The second kappa shape index (κ2) is 5.90. The number of halogens is 1. The summed E-state index contributed by atoms with van der Waals surface area (Å²) in [6.45, 7) is 2.28. The van der Waals surface area contributed by atoms with E-state index in [1.54, 1.807) is 19.1 Å². The fraction of sp³-hybridized carbons (Fsp3) is 0.286. The summed E-state index contributed by atoms with van der Waals surface area (Å²) < 4.78 is 15.9. The average Bonchev–Trinajstić information content (AvgIpc) is 2.89. The van der Waals surface area contributed by atoms with Gasteiger partial charge in [0.2, 0.25) is 0 Å². The number of Topliss-reactive ketones (excluding diaryl/α,β-unsaturated/α-hetero) is 1. The predicted octanol–water partition coefficient (Wildman–Crippen LogP) is 4.91. The maximum atomic E-state index is 13.5. The van der Waals surface area contributed by atoms with Crippen molar-refractivity contribution in [1.82, 2.24) is 4.57 Å². The Kier molecular flexibility index (Phi) is 3.72. The number of ketones is 1. The number of carbonyl (C=O) groups is 1. The number of aryl methyl sites for hydroxylation is 1. The van der Waals surface area contributed by atoms with Gasteiger partial charge in [0.1, 0.15) is 5.82 Å². The Hall–Kier alpha value is -2.42. The van der Waals surface area contributed by atoms with Crippen LogP contribution in [0.25, 0.3) is 10.9 Å². The Morgan fingerprint density at radius 1 is 1.12 bits per heavy atom. The van der Waals surface area contributed by atoms with Gasteiger partial charge in [0, 0.05) is 28.7 Å². The molecular formula is C21H20FNO. The van der Waals surface area contributed by atoms with E-state index in [9.17, 15) is 9.18 Å². The average molecular weight is 321 g/mol. The van der Waals surface area contributed by atoms with E-state index in [2.05, 4.69) is 4.57 Å². The highest BCUT2D eigenvalue weighted by atomic mass is 19.1. The number of benzene rings is 2. The Morgan fingerprint density at radius 3 is 2.75 bits per heavy atom. The standard InChI is InChI=1S/C21H20FNO/c1-14(24)16-9-10-21-19(12-16)18-7-2-3-8-20(18)23(21)13-15-5-4-6-17(22)11-15/h4-6,9-12H,2-3,7-8,13H2,1H3. The smallest absolute Gasteiger partial charge is 0.159 e. The third-order valence-electron chi connectivity index (χ3n) is 5.01. The van der Waals surface area contributed by atoms with Gasteiger partial charge in [-0.05, 0) is 74.1 Å². The summed E-state index contributed by atoms with van der Waals surface area (Å²) >= 11 is 0. The fourth-order valence-corrected chi connectivity index (χ4v) is 3.85. The largest absolute Gasteiger partial charge is 0.340 e. The van der Waals surface area contributed by atoms with Crippen molar-refractivity contribution in [3.63, 3.8) is 0 Å². The number of rotatable bonds is 3. The molecule has 0 amide bonds. The quantitative estimate of drug-likeness (QED) is 0.628. The van der Waals surface area contributed by atoms with Crippen LogP contribution in [-0.2, 0) is 19.4 Å². The minimum Gasteiger partial charge on any atom is -0.340 e. The summed E-state index contributed by atoms with van der Waals surface area (Å²) in [7, 11) is 0. The van der Waals surface area contributed by atoms with Gasteiger partial charge < -0.3 is 4.57 Å². The molecule has 0 fully saturated rings. The zero-order valence-electron chi connectivity index (χ0n) is 13.8. The summed E-state index contributed by atoms with van der Waals surface area (Å²) in [5.41, 5.74) is 5.60. The normalized spacial score (nSPS) is 13.9. The molecule has 4 rings (SSSR count). The van der Waals surface area contributed by atoms with Crippen molar-refractivity contribution in [3.05, 3.63) is 70.7 Å². The van der Waals surface area contributed by atoms with Gasteiger partial charge in [-0.25, -0.2) is 4.39 Å². The molecule has 1 heterocycles. The highest BCUT2D eigenvalue weighted by Gasteiger charge is 2.20. The molecule has 0 aliphatic heterocycles. The lowest BCUT2D eigenvalue weighted by Crippen LogP contribution is -2.09. The van der Waals surface area contributed by atoms with Crippen LogP contribution in [0.1, 0.15) is 46.9 Å². The molecule has 2 aromatic carbocycles. The molecule has 3 aromatic rings. The van der Waals surface area contributed by atoms with Crippen molar-refractivity contribution >= 4 is 16.7 Å². The number of aromatic nitrogens is 1. The second-order valence-electron chi connectivity index (χ2n) is 6.64. The van der Waals surface area contributed by atoms with E-state index in [0.29, 0.717) is 6.54 Å². The maximum absolute atomic E-state index is 13.5. The molecule has 2 nitrogen and oxygen atoms in total. The maximum Gasteiger partial charge on any atom is 0.159 e. The van der Waals surface area contributed by atoms with Gasteiger partial charge in [0.15, 0.2) is 5.78 Å². The first-order chi connectivity index (χ1) is 11.6. The van der Waals surface area contributed by atoms with Gasteiger partial charge in [-0.15, -0.1) is 0 Å². The number of hydrogen-bond acceptors (Lipinski definition) is 1. The van der Waals surface area contributed by atoms with E-state index in [0.717, 1.165) is 29.5 Å². The van der Waals surface area contributed by atoms with Crippen molar-refractivity contribution in [3.8, 4) is 0 Å². The summed E-state index contributed by atoms with van der Waals surface area (Å²) in [5.74, 6) is -0.101. The first-order valence-corrected chi connectivity index (χ1v) is 8.53. The molecule has 0 N–H and O–H groups in total. The van der Waals surface area contributed by atoms with Gasteiger partial charge >= 0.3 is 0 Å². The lowest BCUT2D eigenvalue weighted by Gasteiger charge is -2.16. The Morgan fingerprint density at radius 2 is 1.96 bits per heavy atom. The molecule has 24 heavy (non-hydrogen) atoms. The van der Waals surface area contributed by atoms with Gasteiger partial charge in [-0.2, -0.15) is 0 Å². The van der Waals surface area contributed by atoms with Gasteiger partial charge in [0.25, 0.3) is 0 Å². The number of carbonyl (C=O) groups excluding carboxylic acids is 1. The molecule has 0 saturated heterocycles. The number of fused-ring (bicyclic) bond motifs is 3. The highest BCUT2D eigenvalue weighted by molar-refractivity contribution is 5.99. The summed E-state index contributed by atoms with van der Waals surface area (Å²) in [5, 5.41) is 1.19. The van der Waals surface area contributed by atoms with Crippen molar-refractivity contribution < 1.29 is 9.18 Å². The fourth-order valence-electron chi connectivity index (χ4n) is 3.85. The van der Waals surface area contributed by atoms with Crippen molar-refractivity contribution in [1.29, 1.82) is 0 Å². The molecule has 122 valence electrons. The van der Waals surface area contributed by atoms with Crippen LogP contribution in [0, 0.1) is 5.82 Å². The zero-order valence-corrected chi connectivity index (χ0v) is 13.8. The molecule has 1 aliphatic rings. The van der Waals surface area contributed by atoms with Crippen molar-refractivity contribution in [2.75, 3.05) is 0 Å². The summed E-state index contributed by atoms with van der Waals surface area (Å²) in [6.07, 6.45) is 4.49. The Bertz CT molecular complexity index is 938. The topological polar surface area (TPSA) is 22.0 Å². The monoisotopic (exact) mass is 321 g/mol. The minimum atomic E-state index is -0.198. The molecule has 3 heteroatoms. The second-order valence-corrected chi connectivity index (χ2v) is 6.64. The molecule has 0 unspecified atom stereocenters. The highest BCUT2D eigenvalue weighted by Crippen LogP contribution is 2.33. The molecule has 0 atom stereocenters. The molecule has 0 saturated carbocycles. The summed E-state index contributed by atoms with van der Waals surface area (Å²) in [4.78, 5) is 11.7. The van der Waals surface area contributed by atoms with Gasteiger partial charge in [-0.1, -0.05) is 12.1 Å². The van der Waals surface area contributed by atoms with E-state index in [4.69, 9.17) is 0 Å². The minimum absolute atomic E-state index is 0.0966. The van der Waals surface area contributed by atoms with Crippen LogP contribution in [0.15, 0.2) is 42.5 Å². The van der Waals surface area contributed by atoms with Crippen LogP contribution >= 0.6 is 0 Å². The van der Waals surface area contributed by atoms with Crippen LogP contribution in [0.4, 0.5) is 4.39 Å². The van der Waals surface area contributed by atoms with E-state index in [-0.39, 0.29) is 11.6 Å². The molecular weight excluding hydrogens is 301 g/mol. The Labute approximate surface area is 140 Å². The van der Waals surface area contributed by atoms with Crippen molar-refractivity contribution in [2.45, 2.75) is 39.2 Å². The third kappa shape index (κ3) is 2.54. The lowest BCUT2D eigenvalue weighted by molar-refractivity contribution is 0.101.